The molecule has 1 fully saturated rings. The van der Waals surface area contributed by atoms with Gasteiger partial charge in [-0.3, -0.25) is 0 Å². The molecule has 0 aromatic carbocycles. The summed E-state index contributed by atoms with van der Waals surface area (Å²) >= 11 is 0.788. The molecule has 1 aliphatic heterocycles. The van der Waals surface area contributed by atoms with Gasteiger partial charge in [-0.25, -0.2) is 0 Å². The molecule has 6 nitrogen and oxygen atoms in total. The Hall–Kier alpha value is -1.26. The molecule has 2 atom stereocenters. The van der Waals surface area contributed by atoms with E-state index in [0.717, 1.165) is 31.1 Å². The second-order valence-corrected chi connectivity index (χ2v) is 5.82. The topological polar surface area (TPSA) is 78.3 Å². The summed E-state index contributed by atoms with van der Waals surface area (Å²) in [4.78, 5) is 0.284. The van der Waals surface area contributed by atoms with Gasteiger partial charge < -0.3 is 10.5 Å². The largest absolute Gasteiger partial charge is 0.412 e. The smallest absolute Gasteiger partial charge is 0.370 e. The molecule has 20 heavy (non-hydrogen) atoms. The molecule has 10 heteroatoms. The van der Waals surface area contributed by atoms with Gasteiger partial charge in [-0.05, 0) is 19.8 Å². The maximum absolute atomic E-state index is 12.9. The number of ether oxygens (including phenoxy) is 1. The summed E-state index contributed by atoms with van der Waals surface area (Å²) in [5, 5.41) is 11.5. The Kier molecular flexibility index (Phi) is 2.99. The van der Waals surface area contributed by atoms with Gasteiger partial charge in [0, 0.05) is 6.61 Å². The van der Waals surface area contributed by atoms with E-state index < -0.39 is 11.7 Å². The van der Waals surface area contributed by atoms with E-state index in [1.165, 1.54) is 4.52 Å². The number of halogens is 3. The monoisotopic (exact) mass is 307 g/mol. The Labute approximate surface area is 115 Å². The number of fused-ring (bicyclic) bond motifs is 1. The van der Waals surface area contributed by atoms with Crippen molar-refractivity contribution in [1.82, 2.24) is 19.8 Å². The van der Waals surface area contributed by atoms with Crippen molar-refractivity contribution in [2.75, 3.05) is 6.61 Å². The second-order valence-electron chi connectivity index (χ2n) is 4.86. The number of nitrogens with zero attached hydrogens (tertiary/aromatic N) is 4. The lowest BCUT2D eigenvalue weighted by Gasteiger charge is -2.24. The average Bonchev–Trinajstić information content (AvgIpc) is 3.02. The molecule has 2 aromatic rings. The van der Waals surface area contributed by atoms with Crippen molar-refractivity contribution < 1.29 is 17.9 Å². The third kappa shape index (κ3) is 1.98. The maximum Gasteiger partial charge on any atom is 0.412 e. The first kappa shape index (κ1) is 13.7. The number of aromatic nitrogens is 4. The van der Waals surface area contributed by atoms with Crippen LogP contribution in [0.5, 0.6) is 0 Å². The molecule has 1 saturated heterocycles. The zero-order valence-electron chi connectivity index (χ0n) is 10.5. The zero-order chi connectivity index (χ0) is 14.5. The summed E-state index contributed by atoms with van der Waals surface area (Å²) in [5.74, 6) is 0.429. The summed E-state index contributed by atoms with van der Waals surface area (Å²) in [6.45, 7) is 1.50. The third-order valence-electron chi connectivity index (χ3n) is 3.27. The van der Waals surface area contributed by atoms with Crippen molar-refractivity contribution in [3.63, 3.8) is 0 Å². The van der Waals surface area contributed by atoms with Gasteiger partial charge in [-0.15, -0.1) is 10.2 Å². The standard InChI is InChI=1S/C10H12F3N5OS/c1-9(14,10(11,12)13)7-17-18-6(5-3-2-4-19-5)15-16-8(18)20-7/h5H,2-4,14H2,1H3. The minimum absolute atomic E-state index is 0.242. The van der Waals surface area contributed by atoms with Crippen LogP contribution < -0.4 is 5.73 Å². The highest BCUT2D eigenvalue weighted by Crippen LogP contribution is 2.38. The Morgan fingerprint density at radius 1 is 1.40 bits per heavy atom. The number of rotatable bonds is 2. The SMILES string of the molecule is CC(N)(c1nn2c(C3CCCO3)nnc2s1)C(F)(F)F. The fourth-order valence-electron chi connectivity index (χ4n) is 1.95. The van der Waals surface area contributed by atoms with Crippen LogP contribution >= 0.6 is 11.3 Å². The minimum Gasteiger partial charge on any atom is -0.370 e. The molecule has 3 rings (SSSR count). The summed E-state index contributed by atoms with van der Waals surface area (Å²) in [6, 6.07) is 0. The lowest BCUT2D eigenvalue weighted by Crippen LogP contribution is -2.47. The molecule has 2 aromatic heterocycles. The van der Waals surface area contributed by atoms with Crippen LogP contribution in [0.2, 0.25) is 0 Å². The summed E-state index contributed by atoms with van der Waals surface area (Å²) in [7, 11) is 0. The van der Waals surface area contributed by atoms with Crippen LogP contribution in [0.15, 0.2) is 0 Å². The molecule has 1 aliphatic rings. The Morgan fingerprint density at radius 3 is 2.75 bits per heavy atom. The molecule has 3 heterocycles. The first-order valence-electron chi connectivity index (χ1n) is 6.00. The van der Waals surface area contributed by atoms with E-state index in [1.54, 1.807) is 0 Å². The normalized spacial score (nSPS) is 23.4. The lowest BCUT2D eigenvalue weighted by molar-refractivity contribution is -0.184. The van der Waals surface area contributed by atoms with Gasteiger partial charge >= 0.3 is 6.18 Å². The highest BCUT2D eigenvalue weighted by atomic mass is 32.1. The maximum atomic E-state index is 12.9. The minimum atomic E-state index is -4.58. The highest BCUT2D eigenvalue weighted by molar-refractivity contribution is 7.16. The van der Waals surface area contributed by atoms with E-state index in [4.69, 9.17) is 10.5 Å². The van der Waals surface area contributed by atoms with Gasteiger partial charge in [0.05, 0.1) is 0 Å². The first-order valence-corrected chi connectivity index (χ1v) is 6.82. The van der Waals surface area contributed by atoms with Crippen LogP contribution in [-0.4, -0.2) is 32.6 Å². The van der Waals surface area contributed by atoms with Crippen molar-refractivity contribution in [3.8, 4) is 0 Å². The predicted octanol–water partition coefficient (Wildman–Crippen LogP) is 1.77. The number of nitrogens with two attached hydrogens (primary N) is 1. The molecule has 2 unspecified atom stereocenters. The van der Waals surface area contributed by atoms with Crippen LogP contribution in [0.25, 0.3) is 4.96 Å². The quantitative estimate of drug-likeness (QED) is 0.915. The third-order valence-corrected chi connectivity index (χ3v) is 4.40. The van der Waals surface area contributed by atoms with E-state index in [9.17, 15) is 13.2 Å². The number of hydrogen-bond donors (Lipinski definition) is 1. The van der Waals surface area contributed by atoms with Gasteiger partial charge in [-0.2, -0.15) is 22.8 Å². The fourth-order valence-corrected chi connectivity index (χ4v) is 2.87. The van der Waals surface area contributed by atoms with Crippen molar-refractivity contribution in [2.45, 2.75) is 37.6 Å². The number of hydrogen-bond acceptors (Lipinski definition) is 6. The molecular formula is C10H12F3N5OS. The van der Waals surface area contributed by atoms with E-state index >= 15 is 0 Å². The van der Waals surface area contributed by atoms with Crippen molar-refractivity contribution in [1.29, 1.82) is 0 Å². The van der Waals surface area contributed by atoms with Crippen molar-refractivity contribution in [2.24, 2.45) is 5.73 Å². The zero-order valence-corrected chi connectivity index (χ0v) is 11.3. The molecule has 0 spiro atoms. The van der Waals surface area contributed by atoms with Crippen molar-refractivity contribution in [3.05, 3.63) is 10.8 Å². The summed E-state index contributed by atoms with van der Waals surface area (Å²) in [5.41, 5.74) is 2.86. The van der Waals surface area contributed by atoms with Gasteiger partial charge in [0.1, 0.15) is 11.1 Å². The Bertz CT molecular complexity index is 628. The second kappa shape index (κ2) is 4.37. The highest BCUT2D eigenvalue weighted by Gasteiger charge is 2.52. The van der Waals surface area contributed by atoms with E-state index in [-0.39, 0.29) is 16.1 Å². The van der Waals surface area contributed by atoms with E-state index in [1.807, 2.05) is 0 Å². The Morgan fingerprint density at radius 2 is 2.15 bits per heavy atom. The van der Waals surface area contributed by atoms with Gasteiger partial charge in [0.2, 0.25) is 4.96 Å². The van der Waals surface area contributed by atoms with Gasteiger partial charge in [-0.1, -0.05) is 11.3 Å². The summed E-state index contributed by atoms with van der Waals surface area (Å²) < 4.78 is 45.5. The van der Waals surface area contributed by atoms with E-state index in [0.29, 0.717) is 12.4 Å². The van der Waals surface area contributed by atoms with Crippen LogP contribution in [-0.2, 0) is 10.3 Å². The molecule has 0 radical (unpaired) electrons. The molecule has 0 aliphatic carbocycles. The molecule has 0 bridgehead atoms. The predicted molar refractivity (Wildman–Crippen MR) is 64.2 cm³/mol. The Balaban J connectivity index is 2.03. The van der Waals surface area contributed by atoms with Crippen LogP contribution in [0.4, 0.5) is 13.2 Å². The number of alkyl halides is 3. The summed E-state index contributed by atoms with van der Waals surface area (Å²) in [6.07, 6.45) is -3.21. The van der Waals surface area contributed by atoms with Crippen LogP contribution in [0.1, 0.15) is 36.7 Å². The first-order chi connectivity index (χ1) is 9.30. The molecule has 110 valence electrons. The molecule has 0 amide bonds. The molecule has 0 saturated carbocycles. The van der Waals surface area contributed by atoms with Gasteiger partial charge in [0.15, 0.2) is 11.4 Å². The van der Waals surface area contributed by atoms with Crippen LogP contribution in [0, 0.1) is 0 Å². The molecule has 2 N–H and O–H groups in total. The van der Waals surface area contributed by atoms with Crippen molar-refractivity contribution >= 4 is 16.3 Å². The average molecular weight is 307 g/mol. The lowest BCUT2D eigenvalue weighted by atomic mass is 10.1. The van der Waals surface area contributed by atoms with E-state index in [2.05, 4.69) is 15.3 Å². The molecular weight excluding hydrogens is 295 g/mol. The fraction of sp³-hybridized carbons (Fsp3) is 0.700. The van der Waals surface area contributed by atoms with Crippen LogP contribution in [0.3, 0.4) is 0 Å². The van der Waals surface area contributed by atoms with Gasteiger partial charge in [0.25, 0.3) is 0 Å².